The molecule has 1 heterocycles. The lowest BCUT2D eigenvalue weighted by atomic mass is 10.0. The van der Waals surface area contributed by atoms with Crippen LogP contribution in [0.15, 0.2) is 22.6 Å². The molecular weight excluding hydrogens is 308 g/mol. The van der Waals surface area contributed by atoms with Crippen LogP contribution in [0.2, 0.25) is 0 Å². The van der Waals surface area contributed by atoms with Crippen molar-refractivity contribution in [2.45, 2.75) is 32.3 Å². The molecule has 6 nitrogen and oxygen atoms in total. The fourth-order valence-electron chi connectivity index (χ4n) is 2.88. The molecule has 3 rings (SSSR count). The van der Waals surface area contributed by atoms with Gasteiger partial charge >= 0.3 is 5.97 Å². The molecule has 2 aromatic rings. The number of anilines is 1. The maximum absolute atomic E-state index is 12.0. The first-order valence-electron chi connectivity index (χ1n) is 8.08. The normalized spacial score (nSPS) is 13.3. The zero-order valence-corrected chi connectivity index (χ0v) is 14.3. The van der Waals surface area contributed by atoms with E-state index in [-0.39, 0.29) is 6.61 Å². The number of oxazole rings is 1. The van der Waals surface area contributed by atoms with Gasteiger partial charge < -0.3 is 18.8 Å². The van der Waals surface area contributed by atoms with Crippen LogP contribution in [0.3, 0.4) is 0 Å². The minimum absolute atomic E-state index is 0.245. The van der Waals surface area contributed by atoms with E-state index >= 15 is 0 Å². The molecule has 0 bridgehead atoms. The Balaban J connectivity index is 1.75. The summed E-state index contributed by atoms with van der Waals surface area (Å²) in [5.74, 6) is 1.75. The number of benzene rings is 1. The van der Waals surface area contributed by atoms with Gasteiger partial charge in [0, 0.05) is 20.5 Å². The Morgan fingerprint density at radius 1 is 1.29 bits per heavy atom. The third-order valence-corrected chi connectivity index (χ3v) is 4.11. The van der Waals surface area contributed by atoms with E-state index in [1.165, 1.54) is 7.11 Å². The first-order chi connectivity index (χ1) is 11.6. The molecule has 6 heteroatoms. The van der Waals surface area contributed by atoms with E-state index in [9.17, 15) is 4.79 Å². The minimum atomic E-state index is -0.393. The van der Waals surface area contributed by atoms with Crippen molar-refractivity contribution in [3.05, 3.63) is 41.1 Å². The largest absolute Gasteiger partial charge is 0.484 e. The molecule has 0 unspecified atom stereocenters. The van der Waals surface area contributed by atoms with Gasteiger partial charge in [-0.2, -0.15) is 0 Å². The lowest BCUT2D eigenvalue weighted by Gasteiger charge is -2.17. The van der Waals surface area contributed by atoms with E-state index in [1.807, 2.05) is 31.1 Å². The maximum atomic E-state index is 12.0. The quantitative estimate of drug-likeness (QED) is 0.785. The zero-order chi connectivity index (χ0) is 17.1. The smallest absolute Gasteiger partial charge is 0.340 e. The van der Waals surface area contributed by atoms with E-state index in [4.69, 9.17) is 13.9 Å². The van der Waals surface area contributed by atoms with E-state index in [1.54, 1.807) is 6.07 Å². The second-order valence-electron chi connectivity index (χ2n) is 6.04. The highest BCUT2D eigenvalue weighted by Gasteiger charge is 2.18. The number of hydrogen-bond acceptors (Lipinski definition) is 6. The van der Waals surface area contributed by atoms with Gasteiger partial charge in [0.1, 0.15) is 11.5 Å². The predicted octanol–water partition coefficient (Wildman–Crippen LogP) is 2.99. The average Bonchev–Trinajstić information content (AvgIpc) is 3.01. The van der Waals surface area contributed by atoms with Crippen LogP contribution in [0, 0.1) is 0 Å². The molecule has 0 aliphatic heterocycles. The lowest BCUT2D eigenvalue weighted by molar-refractivity contribution is 0.0601. The maximum Gasteiger partial charge on any atom is 0.340 e. The Hall–Kier alpha value is -2.50. The second kappa shape index (κ2) is 6.95. The van der Waals surface area contributed by atoms with E-state index in [2.05, 4.69) is 4.98 Å². The molecule has 0 atom stereocenters. The number of methoxy groups -OCH3 is 1. The van der Waals surface area contributed by atoms with Crippen LogP contribution < -0.4 is 9.64 Å². The standard InChI is InChI=1S/C18H22N2O4/c1-20(2)15-9-8-12(10-13(15)18(21)22-3)23-11-17-19-14-6-4-5-7-16(14)24-17/h8-10H,4-7,11H2,1-3H3. The van der Waals surface area contributed by atoms with E-state index in [0.29, 0.717) is 17.2 Å². The molecule has 1 aliphatic rings. The van der Waals surface area contributed by atoms with Gasteiger partial charge in [0.2, 0.25) is 5.89 Å². The Morgan fingerprint density at radius 2 is 2.08 bits per heavy atom. The van der Waals surface area contributed by atoms with Crippen molar-refractivity contribution in [2.75, 3.05) is 26.1 Å². The molecule has 24 heavy (non-hydrogen) atoms. The SMILES string of the molecule is COC(=O)c1cc(OCc2nc3c(o2)CCCC3)ccc1N(C)C. The number of carbonyl (C=O) groups is 1. The fourth-order valence-corrected chi connectivity index (χ4v) is 2.88. The number of ether oxygens (including phenoxy) is 2. The molecule has 128 valence electrons. The van der Waals surface area contributed by atoms with Crippen molar-refractivity contribution < 1.29 is 18.7 Å². The van der Waals surface area contributed by atoms with Crippen LogP contribution in [0.5, 0.6) is 5.75 Å². The van der Waals surface area contributed by atoms with Gasteiger partial charge in [-0.15, -0.1) is 0 Å². The first-order valence-corrected chi connectivity index (χ1v) is 8.08. The van der Waals surface area contributed by atoms with Crippen molar-refractivity contribution in [2.24, 2.45) is 0 Å². The van der Waals surface area contributed by atoms with Gasteiger partial charge in [0.15, 0.2) is 6.61 Å². The molecule has 0 saturated carbocycles. The van der Waals surface area contributed by atoms with Gasteiger partial charge in [-0.3, -0.25) is 0 Å². The van der Waals surface area contributed by atoms with Gasteiger partial charge in [-0.05, 0) is 37.5 Å². The summed E-state index contributed by atoms with van der Waals surface area (Å²) in [6.45, 7) is 0.245. The molecule has 0 spiro atoms. The highest BCUT2D eigenvalue weighted by molar-refractivity contribution is 5.96. The summed E-state index contributed by atoms with van der Waals surface area (Å²) >= 11 is 0. The molecule has 0 amide bonds. The Bertz CT molecular complexity index is 713. The highest BCUT2D eigenvalue weighted by Crippen LogP contribution is 2.26. The summed E-state index contributed by atoms with van der Waals surface area (Å²) in [5.41, 5.74) is 2.30. The summed E-state index contributed by atoms with van der Waals surface area (Å²) in [5, 5.41) is 0. The summed E-state index contributed by atoms with van der Waals surface area (Å²) in [4.78, 5) is 18.3. The van der Waals surface area contributed by atoms with Gasteiger partial charge in [-0.1, -0.05) is 0 Å². The summed E-state index contributed by atoms with van der Waals surface area (Å²) < 4.78 is 16.4. The fraction of sp³-hybridized carbons (Fsp3) is 0.444. The first kappa shape index (κ1) is 16.4. The Labute approximate surface area is 141 Å². The number of rotatable bonds is 5. The third kappa shape index (κ3) is 3.37. The summed E-state index contributed by atoms with van der Waals surface area (Å²) in [7, 11) is 5.12. The van der Waals surface area contributed by atoms with Crippen LogP contribution in [0.1, 0.15) is 40.5 Å². The minimum Gasteiger partial charge on any atom is -0.484 e. The Kier molecular flexibility index (Phi) is 4.74. The number of aromatic nitrogens is 1. The summed E-state index contributed by atoms with van der Waals surface area (Å²) in [6, 6.07) is 5.34. The van der Waals surface area contributed by atoms with Gasteiger partial charge in [-0.25, -0.2) is 9.78 Å². The molecular formula is C18H22N2O4. The third-order valence-electron chi connectivity index (χ3n) is 4.11. The number of hydrogen-bond donors (Lipinski definition) is 0. The number of carbonyl (C=O) groups excluding carboxylic acids is 1. The van der Waals surface area contributed by atoms with Crippen LogP contribution in [0.4, 0.5) is 5.69 Å². The summed E-state index contributed by atoms with van der Waals surface area (Å²) in [6.07, 6.45) is 4.24. The molecule has 0 saturated heterocycles. The molecule has 0 fully saturated rings. The molecule has 1 aromatic carbocycles. The van der Waals surface area contributed by atoms with Crippen molar-refractivity contribution in [3.8, 4) is 5.75 Å². The van der Waals surface area contributed by atoms with Crippen LogP contribution in [-0.4, -0.2) is 32.2 Å². The van der Waals surface area contributed by atoms with Gasteiger partial charge in [0.25, 0.3) is 0 Å². The topological polar surface area (TPSA) is 64.8 Å². The van der Waals surface area contributed by atoms with E-state index < -0.39 is 5.97 Å². The molecule has 1 aromatic heterocycles. The van der Waals surface area contributed by atoms with Crippen molar-refractivity contribution in [1.29, 1.82) is 0 Å². The zero-order valence-electron chi connectivity index (χ0n) is 14.3. The van der Waals surface area contributed by atoms with Crippen LogP contribution >= 0.6 is 0 Å². The van der Waals surface area contributed by atoms with Crippen molar-refractivity contribution >= 4 is 11.7 Å². The lowest BCUT2D eigenvalue weighted by Crippen LogP contribution is -2.15. The molecule has 0 N–H and O–H groups in total. The van der Waals surface area contributed by atoms with E-state index in [0.717, 1.165) is 42.8 Å². The van der Waals surface area contributed by atoms with Crippen molar-refractivity contribution in [3.63, 3.8) is 0 Å². The molecule has 1 aliphatic carbocycles. The number of nitrogens with zero attached hydrogens (tertiary/aromatic N) is 2. The number of esters is 1. The Morgan fingerprint density at radius 3 is 2.79 bits per heavy atom. The van der Waals surface area contributed by atoms with Crippen molar-refractivity contribution in [1.82, 2.24) is 4.98 Å². The van der Waals surface area contributed by atoms with Crippen LogP contribution in [0.25, 0.3) is 0 Å². The van der Waals surface area contributed by atoms with Gasteiger partial charge in [0.05, 0.1) is 24.1 Å². The van der Waals surface area contributed by atoms with Crippen LogP contribution in [-0.2, 0) is 24.2 Å². The highest BCUT2D eigenvalue weighted by atomic mass is 16.5. The molecule has 0 radical (unpaired) electrons. The number of fused-ring (bicyclic) bond motifs is 1. The second-order valence-corrected chi connectivity index (χ2v) is 6.04. The monoisotopic (exact) mass is 330 g/mol. The predicted molar refractivity (Wildman–Crippen MR) is 89.6 cm³/mol. The number of aryl methyl sites for hydroxylation is 2. The average molecular weight is 330 g/mol.